The van der Waals surface area contributed by atoms with Crippen LogP contribution in [-0.2, 0) is 9.53 Å². The van der Waals surface area contributed by atoms with Gasteiger partial charge in [-0.2, -0.15) is 0 Å². The summed E-state index contributed by atoms with van der Waals surface area (Å²) in [6.07, 6.45) is 3.15. The Hall–Kier alpha value is -1.61. The lowest BCUT2D eigenvalue weighted by Crippen LogP contribution is -2.10. The highest BCUT2D eigenvalue weighted by atomic mass is 16.5. The van der Waals surface area contributed by atoms with E-state index in [1.165, 1.54) is 0 Å². The van der Waals surface area contributed by atoms with E-state index in [1.54, 1.807) is 14.2 Å². The predicted molar refractivity (Wildman–Crippen MR) is 65.1 cm³/mol. The highest BCUT2D eigenvalue weighted by Gasteiger charge is 2.25. The molecule has 0 spiro atoms. The van der Waals surface area contributed by atoms with Crippen molar-refractivity contribution in [2.24, 2.45) is 0 Å². The monoisotopic (exact) mass is 232 g/mol. The molecule has 1 aromatic rings. The van der Waals surface area contributed by atoms with Crippen molar-refractivity contribution in [3.8, 4) is 5.75 Å². The highest BCUT2D eigenvalue weighted by Crippen LogP contribution is 2.31. The van der Waals surface area contributed by atoms with Crippen molar-refractivity contribution in [1.29, 1.82) is 0 Å². The Morgan fingerprint density at radius 2 is 1.88 bits per heavy atom. The molecule has 3 nitrogen and oxygen atoms in total. The fourth-order valence-electron chi connectivity index (χ4n) is 2.09. The fraction of sp³-hybridized carbons (Fsp3) is 0.357. The zero-order valence-corrected chi connectivity index (χ0v) is 10.1. The second-order valence-electron chi connectivity index (χ2n) is 4.01. The molecule has 2 rings (SSSR count). The van der Waals surface area contributed by atoms with E-state index in [-0.39, 0.29) is 11.9 Å². The molecule has 1 atom stereocenters. The summed E-state index contributed by atoms with van der Waals surface area (Å²) in [4.78, 5) is 11.7. The first-order valence-electron chi connectivity index (χ1n) is 5.66. The van der Waals surface area contributed by atoms with Gasteiger partial charge in [0.05, 0.1) is 7.11 Å². The lowest BCUT2D eigenvalue weighted by molar-refractivity contribution is -0.116. The van der Waals surface area contributed by atoms with E-state index in [0.29, 0.717) is 6.42 Å². The molecule has 0 saturated heterocycles. The molecule has 1 aliphatic rings. The van der Waals surface area contributed by atoms with Crippen LogP contribution in [0.25, 0.3) is 0 Å². The van der Waals surface area contributed by atoms with Gasteiger partial charge >= 0.3 is 0 Å². The van der Waals surface area contributed by atoms with Gasteiger partial charge in [0.15, 0.2) is 5.78 Å². The van der Waals surface area contributed by atoms with Gasteiger partial charge in [-0.3, -0.25) is 4.79 Å². The molecular weight excluding hydrogens is 216 g/mol. The standard InChI is InChI=1S/C14H16O3/c1-16-11-8-6-10(7-9-11)14(17-2)12-4-3-5-13(12)15/h4,6-9,14H,3,5H2,1-2H3. The van der Waals surface area contributed by atoms with E-state index in [4.69, 9.17) is 9.47 Å². The van der Waals surface area contributed by atoms with E-state index in [9.17, 15) is 4.79 Å². The van der Waals surface area contributed by atoms with Crippen LogP contribution in [0.1, 0.15) is 24.5 Å². The zero-order chi connectivity index (χ0) is 12.3. The number of carbonyl (C=O) groups excluding carboxylic acids is 1. The molecule has 0 saturated carbocycles. The van der Waals surface area contributed by atoms with Crippen molar-refractivity contribution in [3.63, 3.8) is 0 Å². The highest BCUT2D eigenvalue weighted by molar-refractivity contribution is 5.98. The molecule has 0 radical (unpaired) electrons. The van der Waals surface area contributed by atoms with E-state index < -0.39 is 0 Å². The third kappa shape index (κ3) is 2.39. The second kappa shape index (κ2) is 5.15. The number of Topliss-reactive ketones (excluding diaryl/α,β-unsaturated/α-hetero) is 1. The quantitative estimate of drug-likeness (QED) is 0.800. The van der Waals surface area contributed by atoms with Crippen LogP contribution in [0.4, 0.5) is 0 Å². The maximum absolute atomic E-state index is 11.7. The van der Waals surface area contributed by atoms with Crippen LogP contribution in [0.3, 0.4) is 0 Å². The average Bonchev–Trinajstić information content (AvgIpc) is 2.78. The summed E-state index contributed by atoms with van der Waals surface area (Å²) >= 11 is 0. The Kier molecular flexibility index (Phi) is 3.59. The van der Waals surface area contributed by atoms with Gasteiger partial charge in [-0.25, -0.2) is 0 Å². The van der Waals surface area contributed by atoms with Gasteiger partial charge < -0.3 is 9.47 Å². The normalized spacial score (nSPS) is 16.8. The Morgan fingerprint density at radius 1 is 1.18 bits per heavy atom. The Bertz CT molecular complexity index is 431. The predicted octanol–water partition coefficient (Wildman–Crippen LogP) is 2.67. The number of hydrogen-bond acceptors (Lipinski definition) is 3. The maximum atomic E-state index is 11.7. The number of ketones is 1. The van der Waals surface area contributed by atoms with Gasteiger partial charge in [0, 0.05) is 19.1 Å². The van der Waals surface area contributed by atoms with Crippen molar-refractivity contribution in [2.45, 2.75) is 18.9 Å². The van der Waals surface area contributed by atoms with Crippen molar-refractivity contribution in [1.82, 2.24) is 0 Å². The molecule has 1 aromatic carbocycles. The third-order valence-corrected chi connectivity index (χ3v) is 2.99. The zero-order valence-electron chi connectivity index (χ0n) is 10.1. The number of rotatable bonds is 4. The van der Waals surface area contributed by atoms with Crippen LogP contribution < -0.4 is 4.74 Å². The summed E-state index contributed by atoms with van der Waals surface area (Å²) in [5.41, 5.74) is 1.76. The number of ether oxygens (including phenoxy) is 2. The van der Waals surface area contributed by atoms with E-state index in [2.05, 4.69) is 0 Å². The summed E-state index contributed by atoms with van der Waals surface area (Å²) in [7, 11) is 3.26. The Morgan fingerprint density at radius 3 is 2.35 bits per heavy atom. The van der Waals surface area contributed by atoms with Crippen LogP contribution in [-0.4, -0.2) is 20.0 Å². The minimum absolute atomic E-state index is 0.188. The number of carbonyl (C=O) groups is 1. The van der Waals surface area contributed by atoms with Gasteiger partial charge in [-0.1, -0.05) is 18.2 Å². The maximum Gasteiger partial charge on any atom is 0.161 e. The van der Waals surface area contributed by atoms with Crippen LogP contribution in [0, 0.1) is 0 Å². The number of benzene rings is 1. The fourth-order valence-corrected chi connectivity index (χ4v) is 2.09. The lowest BCUT2D eigenvalue weighted by atomic mass is 10.00. The lowest BCUT2D eigenvalue weighted by Gasteiger charge is -2.16. The molecule has 1 aliphatic carbocycles. The largest absolute Gasteiger partial charge is 0.497 e. The molecule has 0 aromatic heterocycles. The smallest absolute Gasteiger partial charge is 0.161 e. The summed E-state index contributed by atoms with van der Waals surface area (Å²) in [6, 6.07) is 7.61. The molecule has 0 N–H and O–H groups in total. The molecule has 0 heterocycles. The van der Waals surface area contributed by atoms with Crippen molar-refractivity contribution in [2.75, 3.05) is 14.2 Å². The molecule has 0 aliphatic heterocycles. The molecule has 0 bridgehead atoms. The molecule has 17 heavy (non-hydrogen) atoms. The SMILES string of the molecule is COc1ccc(C(OC)C2=CCCC2=O)cc1. The van der Waals surface area contributed by atoms with Gasteiger partial charge in [0.2, 0.25) is 0 Å². The first-order valence-corrected chi connectivity index (χ1v) is 5.66. The molecule has 90 valence electrons. The minimum atomic E-state index is -0.254. The minimum Gasteiger partial charge on any atom is -0.497 e. The van der Waals surface area contributed by atoms with E-state index in [1.807, 2.05) is 30.3 Å². The van der Waals surface area contributed by atoms with Crippen LogP contribution in [0.2, 0.25) is 0 Å². The molecule has 0 fully saturated rings. The van der Waals surface area contributed by atoms with Crippen molar-refractivity contribution < 1.29 is 14.3 Å². The Balaban J connectivity index is 2.25. The first kappa shape index (κ1) is 11.9. The first-order chi connectivity index (χ1) is 8.26. The number of methoxy groups -OCH3 is 2. The summed E-state index contributed by atoms with van der Waals surface area (Å²) in [5, 5.41) is 0. The number of allylic oxidation sites excluding steroid dienone is 1. The van der Waals surface area contributed by atoms with Crippen LogP contribution in [0.15, 0.2) is 35.9 Å². The van der Waals surface area contributed by atoms with E-state index >= 15 is 0 Å². The second-order valence-corrected chi connectivity index (χ2v) is 4.01. The van der Waals surface area contributed by atoms with Gasteiger partial charge in [-0.05, 0) is 24.1 Å². The summed E-state index contributed by atoms with van der Waals surface area (Å²) in [6.45, 7) is 0. The van der Waals surface area contributed by atoms with Gasteiger partial charge in [0.25, 0.3) is 0 Å². The number of hydrogen-bond donors (Lipinski definition) is 0. The average molecular weight is 232 g/mol. The van der Waals surface area contributed by atoms with Crippen LogP contribution in [0.5, 0.6) is 5.75 Å². The van der Waals surface area contributed by atoms with Crippen LogP contribution >= 0.6 is 0 Å². The topological polar surface area (TPSA) is 35.5 Å². The molecule has 3 heteroatoms. The third-order valence-electron chi connectivity index (χ3n) is 2.99. The van der Waals surface area contributed by atoms with Gasteiger partial charge in [-0.15, -0.1) is 0 Å². The molecular formula is C14H16O3. The molecule has 1 unspecified atom stereocenters. The molecule has 0 amide bonds. The van der Waals surface area contributed by atoms with E-state index in [0.717, 1.165) is 23.3 Å². The van der Waals surface area contributed by atoms with Crippen molar-refractivity contribution in [3.05, 3.63) is 41.5 Å². The van der Waals surface area contributed by atoms with Gasteiger partial charge in [0.1, 0.15) is 11.9 Å². The summed E-state index contributed by atoms with van der Waals surface area (Å²) < 4.78 is 10.5. The van der Waals surface area contributed by atoms with Crippen molar-refractivity contribution >= 4 is 5.78 Å². The summed E-state index contributed by atoms with van der Waals surface area (Å²) in [5.74, 6) is 0.989. The Labute approximate surface area is 101 Å².